The van der Waals surface area contributed by atoms with Gasteiger partial charge in [0.2, 0.25) is 0 Å². The van der Waals surface area contributed by atoms with Crippen LogP contribution < -0.4 is 19.1 Å². The first-order valence-corrected chi connectivity index (χ1v) is 7.70. The average Bonchev–Trinajstić information content (AvgIpc) is 2.90. The molecule has 0 spiro atoms. The molecule has 7 nitrogen and oxygen atoms in total. The summed E-state index contributed by atoms with van der Waals surface area (Å²) in [5.41, 5.74) is 0.559. The third-order valence-electron chi connectivity index (χ3n) is 4.04. The second-order valence-electron chi connectivity index (χ2n) is 5.44. The summed E-state index contributed by atoms with van der Waals surface area (Å²) in [6.07, 6.45) is 0. The number of imide groups is 1. The molecule has 2 aromatic rings. The highest BCUT2D eigenvalue weighted by Crippen LogP contribution is 2.36. The zero-order chi connectivity index (χ0) is 18.8. The number of aliphatic hydroxyl groups excluding tert-OH is 1. The average molecular weight is 355 g/mol. The number of hydrogen-bond acceptors (Lipinski definition) is 6. The molecule has 1 aliphatic heterocycles. The molecule has 0 aromatic heterocycles. The van der Waals surface area contributed by atoms with Crippen LogP contribution in [0.25, 0.3) is 5.57 Å². The molecule has 2 amide bonds. The van der Waals surface area contributed by atoms with Crippen LogP contribution in [0.3, 0.4) is 0 Å². The lowest BCUT2D eigenvalue weighted by Crippen LogP contribution is -2.31. The first kappa shape index (κ1) is 17.3. The molecule has 3 rings (SSSR count). The molecule has 0 radical (unpaired) electrons. The van der Waals surface area contributed by atoms with Crippen molar-refractivity contribution >= 4 is 23.1 Å². The van der Waals surface area contributed by atoms with Crippen LogP contribution in [-0.4, -0.2) is 38.3 Å². The molecule has 134 valence electrons. The van der Waals surface area contributed by atoms with Crippen LogP contribution in [0.4, 0.5) is 5.69 Å². The van der Waals surface area contributed by atoms with Crippen molar-refractivity contribution in [1.29, 1.82) is 0 Å². The fourth-order valence-electron chi connectivity index (χ4n) is 2.75. The number of carbonyl (C=O) groups excluding carboxylic acids is 2. The van der Waals surface area contributed by atoms with Crippen LogP contribution in [0, 0.1) is 0 Å². The Morgan fingerprint density at radius 3 is 2.23 bits per heavy atom. The fraction of sp³-hybridized carbons (Fsp3) is 0.158. The molecule has 0 fully saturated rings. The molecule has 2 aromatic carbocycles. The highest BCUT2D eigenvalue weighted by molar-refractivity contribution is 6.44. The van der Waals surface area contributed by atoms with Gasteiger partial charge in [-0.1, -0.05) is 12.1 Å². The summed E-state index contributed by atoms with van der Waals surface area (Å²) in [4.78, 5) is 26.2. The van der Waals surface area contributed by atoms with E-state index in [4.69, 9.17) is 14.2 Å². The Morgan fingerprint density at radius 2 is 1.58 bits per heavy atom. The van der Waals surface area contributed by atoms with Crippen molar-refractivity contribution in [2.75, 3.05) is 26.2 Å². The maximum absolute atomic E-state index is 12.9. The van der Waals surface area contributed by atoms with E-state index in [1.807, 2.05) is 0 Å². The van der Waals surface area contributed by atoms with E-state index in [1.165, 1.54) is 27.4 Å². The molecule has 26 heavy (non-hydrogen) atoms. The van der Waals surface area contributed by atoms with E-state index in [-0.39, 0.29) is 5.57 Å². The maximum Gasteiger partial charge on any atom is 0.301 e. The lowest BCUT2D eigenvalue weighted by atomic mass is 10.0. The Bertz CT molecular complexity index is 918. The number of nitrogens with zero attached hydrogens (tertiary/aromatic N) is 1. The van der Waals surface area contributed by atoms with Crippen LogP contribution in [0.15, 0.2) is 48.2 Å². The first-order chi connectivity index (χ1) is 12.5. The lowest BCUT2D eigenvalue weighted by Gasteiger charge is -2.15. The summed E-state index contributed by atoms with van der Waals surface area (Å²) in [6, 6.07) is 11.2. The van der Waals surface area contributed by atoms with Gasteiger partial charge in [0.1, 0.15) is 5.75 Å². The van der Waals surface area contributed by atoms with Gasteiger partial charge < -0.3 is 19.3 Å². The first-order valence-electron chi connectivity index (χ1n) is 7.70. The van der Waals surface area contributed by atoms with E-state index < -0.39 is 17.6 Å². The largest absolute Gasteiger partial charge is 0.502 e. The summed E-state index contributed by atoms with van der Waals surface area (Å²) in [6.45, 7) is 0. The number of methoxy groups -OCH3 is 3. The molecule has 1 aliphatic rings. The number of carbonyl (C=O) groups is 2. The molecule has 0 saturated carbocycles. The number of hydrogen-bond donors (Lipinski definition) is 1. The van der Waals surface area contributed by atoms with E-state index in [2.05, 4.69) is 0 Å². The molecule has 1 heterocycles. The van der Waals surface area contributed by atoms with Crippen molar-refractivity contribution in [3.8, 4) is 17.2 Å². The van der Waals surface area contributed by atoms with Crippen molar-refractivity contribution in [1.82, 2.24) is 0 Å². The Kier molecular flexibility index (Phi) is 4.53. The number of aliphatic hydroxyl groups is 1. The normalized spacial score (nSPS) is 14.0. The van der Waals surface area contributed by atoms with Gasteiger partial charge in [0.15, 0.2) is 17.3 Å². The molecule has 1 N–H and O–H groups in total. The minimum absolute atomic E-state index is 0.0984. The van der Waals surface area contributed by atoms with Gasteiger partial charge in [-0.25, -0.2) is 4.90 Å². The van der Waals surface area contributed by atoms with E-state index in [0.29, 0.717) is 28.5 Å². The second kappa shape index (κ2) is 6.79. The number of benzene rings is 2. The summed E-state index contributed by atoms with van der Waals surface area (Å²) in [5.74, 6) is -0.712. The second-order valence-corrected chi connectivity index (χ2v) is 5.44. The molecular weight excluding hydrogens is 338 g/mol. The van der Waals surface area contributed by atoms with Crippen LogP contribution in [0.2, 0.25) is 0 Å². The van der Waals surface area contributed by atoms with E-state index in [1.54, 1.807) is 36.4 Å². The standard InChI is InChI=1S/C19H17NO6/c1-24-13-6-4-5-12(10-13)20-18(22)16(17(21)19(20)23)11-7-8-14(25-2)15(9-11)26-3/h4-10,21H,1-3H3. The van der Waals surface area contributed by atoms with Gasteiger partial charge in [-0.15, -0.1) is 0 Å². The highest BCUT2D eigenvalue weighted by atomic mass is 16.5. The van der Waals surface area contributed by atoms with E-state index in [9.17, 15) is 14.7 Å². The smallest absolute Gasteiger partial charge is 0.301 e. The number of rotatable bonds is 5. The number of ether oxygens (including phenoxy) is 3. The number of amides is 2. The van der Waals surface area contributed by atoms with Crippen molar-refractivity contribution in [2.24, 2.45) is 0 Å². The van der Waals surface area contributed by atoms with Crippen molar-refractivity contribution in [2.45, 2.75) is 0 Å². The topological polar surface area (TPSA) is 85.3 Å². The van der Waals surface area contributed by atoms with E-state index in [0.717, 1.165) is 4.90 Å². The SMILES string of the molecule is COc1cccc(N2C(=O)C(O)=C(c3ccc(OC)c(OC)c3)C2=O)c1. The predicted octanol–water partition coefficient (Wildman–Crippen LogP) is 2.55. The summed E-state index contributed by atoms with van der Waals surface area (Å²) in [7, 11) is 4.43. The van der Waals surface area contributed by atoms with Crippen molar-refractivity contribution in [3.05, 3.63) is 53.8 Å². The molecular formula is C19H17NO6. The van der Waals surface area contributed by atoms with Crippen molar-refractivity contribution < 1.29 is 28.9 Å². The zero-order valence-electron chi connectivity index (χ0n) is 14.5. The molecule has 7 heteroatoms. The predicted molar refractivity (Wildman–Crippen MR) is 94.6 cm³/mol. The van der Waals surface area contributed by atoms with Crippen LogP contribution in [-0.2, 0) is 9.59 Å². The fourth-order valence-corrected chi connectivity index (χ4v) is 2.75. The third kappa shape index (κ3) is 2.73. The minimum atomic E-state index is -0.798. The molecule has 0 saturated heterocycles. The molecule has 0 unspecified atom stereocenters. The highest BCUT2D eigenvalue weighted by Gasteiger charge is 2.40. The lowest BCUT2D eigenvalue weighted by molar-refractivity contribution is -0.121. The molecule has 0 atom stereocenters. The van der Waals surface area contributed by atoms with Crippen LogP contribution in [0.5, 0.6) is 17.2 Å². The van der Waals surface area contributed by atoms with Crippen molar-refractivity contribution in [3.63, 3.8) is 0 Å². The summed E-state index contributed by atoms with van der Waals surface area (Å²) in [5, 5.41) is 10.3. The Labute approximate surface area is 150 Å². The van der Waals surface area contributed by atoms with Gasteiger partial charge in [-0.3, -0.25) is 9.59 Å². The number of anilines is 1. The van der Waals surface area contributed by atoms with Gasteiger partial charge in [0.05, 0.1) is 32.6 Å². The van der Waals surface area contributed by atoms with Gasteiger partial charge in [-0.2, -0.15) is 0 Å². The summed E-state index contributed by atoms with van der Waals surface area (Å²) >= 11 is 0. The summed E-state index contributed by atoms with van der Waals surface area (Å²) < 4.78 is 15.5. The zero-order valence-corrected chi connectivity index (χ0v) is 14.5. The van der Waals surface area contributed by atoms with Gasteiger partial charge in [0, 0.05) is 6.07 Å². The Morgan fingerprint density at radius 1 is 0.846 bits per heavy atom. The third-order valence-corrected chi connectivity index (χ3v) is 4.04. The molecule has 0 bridgehead atoms. The molecule has 0 aliphatic carbocycles. The van der Waals surface area contributed by atoms with E-state index >= 15 is 0 Å². The van der Waals surface area contributed by atoms with Gasteiger partial charge in [-0.05, 0) is 29.8 Å². The van der Waals surface area contributed by atoms with Crippen LogP contribution >= 0.6 is 0 Å². The Balaban J connectivity index is 2.04. The minimum Gasteiger partial charge on any atom is -0.502 e. The monoisotopic (exact) mass is 355 g/mol. The maximum atomic E-state index is 12.9. The Hall–Kier alpha value is -3.48. The quantitative estimate of drug-likeness (QED) is 0.830. The van der Waals surface area contributed by atoms with Crippen LogP contribution in [0.1, 0.15) is 5.56 Å². The van der Waals surface area contributed by atoms with Gasteiger partial charge in [0.25, 0.3) is 5.91 Å². The van der Waals surface area contributed by atoms with Gasteiger partial charge >= 0.3 is 5.91 Å².